The maximum absolute atomic E-state index is 6.50. The van der Waals surface area contributed by atoms with Crippen LogP contribution in [-0.2, 0) is 5.41 Å². The van der Waals surface area contributed by atoms with E-state index < -0.39 is 5.41 Å². The van der Waals surface area contributed by atoms with Gasteiger partial charge in [-0.25, -0.2) is 0 Å². The summed E-state index contributed by atoms with van der Waals surface area (Å²) in [6.07, 6.45) is 6.50. The molecule has 0 bridgehead atoms. The van der Waals surface area contributed by atoms with Crippen molar-refractivity contribution in [3.8, 4) is 44.5 Å². The van der Waals surface area contributed by atoms with Gasteiger partial charge in [-0.3, -0.25) is 0 Å². The van der Waals surface area contributed by atoms with E-state index in [9.17, 15) is 0 Å². The highest BCUT2D eigenvalue weighted by Crippen LogP contribution is 2.56. The monoisotopic (exact) mass is 834 g/mol. The van der Waals surface area contributed by atoms with Gasteiger partial charge in [-0.05, 0) is 122 Å². The van der Waals surface area contributed by atoms with E-state index in [0.717, 1.165) is 44.2 Å². The molecule has 0 amide bonds. The Morgan fingerprint density at radius 3 is 1.73 bits per heavy atom. The molecule has 1 nitrogen and oxygen atoms in total. The molecule has 0 aliphatic heterocycles. The highest BCUT2D eigenvalue weighted by Gasteiger charge is 2.46. The second-order valence-corrected chi connectivity index (χ2v) is 17.8. The van der Waals surface area contributed by atoms with Crippen molar-refractivity contribution in [1.29, 1.82) is 0 Å². The zero-order chi connectivity index (χ0) is 42.8. The van der Waals surface area contributed by atoms with E-state index in [1.165, 1.54) is 75.8 Å². The standard InChI is InChI=1S/C62H42OS/c1-3-17-50-51-26-5-8-32-56(51)62(55(50)4-2,46-24-13-20-42(38-46)40-18-11-22-44(36-40)48-29-16-35-59-60(48)54-28-7-10-34-58(54)64-59)47-25-14-21-43(39-47)41-19-12-23-45(37-41)49-30-15-31-53-52-27-6-9-33-57(52)63-61(49)53/h3-39H,2H2,1H3/b17-3-. The average molecular weight is 835 g/mol. The molecule has 302 valence electrons. The zero-order valence-electron chi connectivity index (χ0n) is 35.4. The molecule has 11 aromatic rings. The number of allylic oxidation sites excluding steroid dienone is 5. The van der Waals surface area contributed by atoms with Crippen LogP contribution < -0.4 is 0 Å². The first-order chi connectivity index (χ1) is 31.6. The third kappa shape index (κ3) is 5.84. The first-order valence-electron chi connectivity index (χ1n) is 22.0. The van der Waals surface area contributed by atoms with Crippen LogP contribution in [0.4, 0.5) is 0 Å². The summed E-state index contributed by atoms with van der Waals surface area (Å²) in [7, 11) is 0. The highest BCUT2D eigenvalue weighted by atomic mass is 32.1. The number of benzene rings is 9. The van der Waals surface area contributed by atoms with Crippen LogP contribution in [0.25, 0.3) is 92.2 Å². The lowest BCUT2D eigenvalue weighted by Crippen LogP contribution is -2.29. The predicted molar refractivity (Wildman–Crippen MR) is 273 cm³/mol. The molecule has 0 N–H and O–H groups in total. The summed E-state index contributed by atoms with van der Waals surface area (Å²) < 4.78 is 9.13. The number of hydrogen-bond acceptors (Lipinski definition) is 2. The van der Waals surface area contributed by atoms with Crippen molar-refractivity contribution in [2.75, 3.05) is 0 Å². The van der Waals surface area contributed by atoms with Crippen LogP contribution in [0.1, 0.15) is 29.2 Å². The van der Waals surface area contributed by atoms with E-state index in [1.54, 1.807) is 0 Å². The van der Waals surface area contributed by atoms with Crippen molar-refractivity contribution in [2.24, 2.45) is 0 Å². The Bertz CT molecular complexity index is 3720. The van der Waals surface area contributed by atoms with Gasteiger partial charge in [0.25, 0.3) is 0 Å². The fourth-order valence-electron chi connectivity index (χ4n) is 10.5. The maximum atomic E-state index is 6.50. The van der Waals surface area contributed by atoms with Crippen LogP contribution >= 0.6 is 11.3 Å². The van der Waals surface area contributed by atoms with Crippen LogP contribution in [0.5, 0.6) is 0 Å². The molecular weight excluding hydrogens is 793 g/mol. The van der Waals surface area contributed by atoms with Gasteiger partial charge in [-0.15, -0.1) is 11.3 Å². The van der Waals surface area contributed by atoms with E-state index in [4.69, 9.17) is 4.42 Å². The van der Waals surface area contributed by atoms with Gasteiger partial charge < -0.3 is 4.42 Å². The summed E-state index contributed by atoms with van der Waals surface area (Å²) in [6, 6.07) is 75.5. The molecule has 2 heteroatoms. The van der Waals surface area contributed by atoms with Crippen LogP contribution in [0, 0.1) is 0 Å². The second kappa shape index (κ2) is 15.2. The summed E-state index contributed by atoms with van der Waals surface area (Å²) >= 11 is 1.86. The average Bonchev–Trinajstić information content (AvgIpc) is 4.03. The first-order valence-corrected chi connectivity index (χ1v) is 22.8. The van der Waals surface area contributed by atoms with Gasteiger partial charge in [-0.1, -0.05) is 189 Å². The summed E-state index contributed by atoms with van der Waals surface area (Å²) in [6.45, 7) is 6.64. The number of para-hydroxylation sites is 2. The van der Waals surface area contributed by atoms with Gasteiger partial charge in [0, 0.05) is 36.5 Å². The Morgan fingerprint density at radius 1 is 0.469 bits per heavy atom. The SMILES string of the molecule is C=CC1=C(/C=C\C)c2ccccc2C1(c1cccc(-c2cccc(-c3cccc4c3oc3ccccc34)c2)c1)c1cccc(-c2cccc(-c3cccc4sc5ccccc5c34)c2)c1. The van der Waals surface area contributed by atoms with Crippen LogP contribution in [0.3, 0.4) is 0 Å². The van der Waals surface area contributed by atoms with E-state index in [1.807, 2.05) is 23.5 Å². The van der Waals surface area contributed by atoms with E-state index in [2.05, 4.69) is 226 Å². The van der Waals surface area contributed by atoms with Gasteiger partial charge in [0.1, 0.15) is 11.2 Å². The normalized spacial score (nSPS) is 15.0. The number of hydrogen-bond donors (Lipinski definition) is 0. The topological polar surface area (TPSA) is 13.1 Å². The summed E-state index contributed by atoms with van der Waals surface area (Å²) in [5, 5.41) is 4.90. The number of rotatable bonds is 8. The molecule has 1 aliphatic carbocycles. The maximum Gasteiger partial charge on any atom is 0.143 e. The zero-order valence-corrected chi connectivity index (χ0v) is 36.2. The molecule has 0 radical (unpaired) electrons. The minimum absolute atomic E-state index is 0.643. The number of furan rings is 1. The quantitative estimate of drug-likeness (QED) is 0.149. The van der Waals surface area contributed by atoms with Gasteiger partial charge >= 0.3 is 0 Å². The molecule has 0 saturated carbocycles. The summed E-state index contributed by atoms with van der Waals surface area (Å²) in [4.78, 5) is 0. The van der Waals surface area contributed by atoms with E-state index in [0.29, 0.717) is 0 Å². The second-order valence-electron chi connectivity index (χ2n) is 16.7. The Kier molecular flexibility index (Phi) is 9.03. The predicted octanol–water partition coefficient (Wildman–Crippen LogP) is 17.5. The molecule has 0 fully saturated rings. The highest BCUT2D eigenvalue weighted by molar-refractivity contribution is 7.25. The summed E-state index contributed by atoms with van der Waals surface area (Å²) in [5.74, 6) is 0. The van der Waals surface area contributed by atoms with E-state index in [-0.39, 0.29) is 0 Å². The van der Waals surface area contributed by atoms with Crippen LogP contribution in [0.15, 0.2) is 241 Å². The molecule has 2 aromatic heterocycles. The Balaban J connectivity index is 1.02. The lowest BCUT2D eigenvalue weighted by atomic mass is 9.66. The number of thiophene rings is 1. The van der Waals surface area contributed by atoms with Gasteiger partial charge in [0.05, 0.1) is 5.41 Å². The van der Waals surface area contributed by atoms with Gasteiger partial charge in [-0.2, -0.15) is 0 Å². The van der Waals surface area contributed by atoms with Crippen molar-refractivity contribution in [2.45, 2.75) is 12.3 Å². The lowest BCUT2D eigenvalue weighted by molar-refractivity contribution is 0.670. The molecule has 1 unspecified atom stereocenters. The molecular formula is C62H42OS. The van der Waals surface area contributed by atoms with Crippen LogP contribution in [0.2, 0.25) is 0 Å². The number of fused-ring (bicyclic) bond motifs is 7. The van der Waals surface area contributed by atoms with Crippen molar-refractivity contribution in [3.05, 3.63) is 259 Å². The van der Waals surface area contributed by atoms with Crippen molar-refractivity contribution in [1.82, 2.24) is 0 Å². The molecule has 0 saturated heterocycles. The fraction of sp³-hybridized carbons (Fsp3) is 0.0323. The first kappa shape index (κ1) is 37.9. The minimum atomic E-state index is -0.643. The molecule has 64 heavy (non-hydrogen) atoms. The Hall–Kier alpha value is -7.78. The Labute approximate surface area is 377 Å². The van der Waals surface area contributed by atoms with Gasteiger partial charge in [0.15, 0.2) is 0 Å². The molecule has 1 aliphatic rings. The van der Waals surface area contributed by atoms with E-state index >= 15 is 0 Å². The molecule has 1 atom stereocenters. The largest absolute Gasteiger partial charge is 0.455 e. The fourth-order valence-corrected chi connectivity index (χ4v) is 11.7. The lowest BCUT2D eigenvalue weighted by Gasteiger charge is -2.35. The third-order valence-electron chi connectivity index (χ3n) is 13.3. The minimum Gasteiger partial charge on any atom is -0.455 e. The molecule has 9 aromatic carbocycles. The van der Waals surface area contributed by atoms with Crippen molar-refractivity contribution < 1.29 is 4.42 Å². The summed E-state index contributed by atoms with van der Waals surface area (Å²) in [5.41, 5.74) is 17.7. The van der Waals surface area contributed by atoms with Gasteiger partial charge in [0.2, 0.25) is 0 Å². The smallest absolute Gasteiger partial charge is 0.143 e. The van der Waals surface area contributed by atoms with Crippen LogP contribution in [-0.4, -0.2) is 0 Å². The van der Waals surface area contributed by atoms with Crippen molar-refractivity contribution in [3.63, 3.8) is 0 Å². The molecule has 2 heterocycles. The van der Waals surface area contributed by atoms with Crippen molar-refractivity contribution >= 4 is 59.0 Å². The molecule has 12 rings (SSSR count). The third-order valence-corrected chi connectivity index (χ3v) is 14.4. The molecule has 0 spiro atoms. The Morgan fingerprint density at radius 2 is 1.00 bits per heavy atom.